The largest absolute Gasteiger partial charge is 0.463 e. The first-order valence-electron chi connectivity index (χ1n) is 6.94. The lowest BCUT2D eigenvalue weighted by atomic mass is 10.1. The van der Waals surface area contributed by atoms with Gasteiger partial charge in [-0.2, -0.15) is 5.10 Å². The first kappa shape index (κ1) is 16.8. The summed E-state index contributed by atoms with van der Waals surface area (Å²) in [5, 5.41) is 6.88. The average molecular weight is 334 g/mol. The number of hydrogen-bond acceptors (Lipinski definition) is 4. The maximum absolute atomic E-state index is 12.2. The van der Waals surface area contributed by atoms with Crippen molar-refractivity contribution in [2.75, 3.05) is 0 Å². The molecule has 0 fully saturated rings. The number of carbonyl (C=O) groups is 2. The quantitative estimate of drug-likeness (QED) is 0.652. The number of hydrazone groups is 1. The summed E-state index contributed by atoms with van der Waals surface area (Å²) in [5.41, 5.74) is 2.72. The Morgan fingerprint density at radius 2 is 2.00 bits per heavy atom. The van der Waals surface area contributed by atoms with Crippen LogP contribution in [0, 0.1) is 0 Å². The Kier molecular flexibility index (Phi) is 5.54. The van der Waals surface area contributed by atoms with Crippen LogP contribution in [0.2, 0.25) is 5.02 Å². The van der Waals surface area contributed by atoms with Gasteiger partial charge in [0.1, 0.15) is 5.76 Å². The Morgan fingerprint density at radius 3 is 2.65 bits per heavy atom. The molecular weight excluding hydrogens is 318 g/mol. The van der Waals surface area contributed by atoms with Gasteiger partial charge < -0.3 is 9.73 Å². The van der Waals surface area contributed by atoms with E-state index in [1.807, 2.05) is 13.8 Å². The molecule has 0 saturated carbocycles. The Bertz CT molecular complexity index is 724. The van der Waals surface area contributed by atoms with Crippen LogP contribution in [0.25, 0.3) is 0 Å². The van der Waals surface area contributed by atoms with Crippen molar-refractivity contribution < 1.29 is 14.0 Å². The molecule has 1 aromatic carbocycles. The number of furan rings is 1. The lowest BCUT2D eigenvalue weighted by Crippen LogP contribution is -2.32. The fraction of sp³-hybridized carbons (Fsp3) is 0.188. The minimum Gasteiger partial charge on any atom is -0.463 e. The summed E-state index contributed by atoms with van der Waals surface area (Å²) >= 11 is 5.92. The molecule has 120 valence electrons. The summed E-state index contributed by atoms with van der Waals surface area (Å²) in [6.07, 6.45) is 2.85. The lowest BCUT2D eigenvalue weighted by Gasteiger charge is -2.11. The van der Waals surface area contributed by atoms with Crippen molar-refractivity contribution in [1.29, 1.82) is 0 Å². The van der Waals surface area contributed by atoms with E-state index in [1.165, 1.54) is 24.6 Å². The molecule has 0 spiro atoms. The van der Waals surface area contributed by atoms with Gasteiger partial charge in [-0.1, -0.05) is 11.6 Å². The van der Waals surface area contributed by atoms with E-state index >= 15 is 0 Å². The second kappa shape index (κ2) is 7.60. The highest BCUT2D eigenvalue weighted by atomic mass is 35.5. The molecule has 2 amide bonds. The number of amides is 2. The van der Waals surface area contributed by atoms with Crippen molar-refractivity contribution in [2.45, 2.75) is 19.9 Å². The van der Waals surface area contributed by atoms with E-state index in [1.54, 1.807) is 18.2 Å². The van der Waals surface area contributed by atoms with Crippen LogP contribution in [0.1, 0.15) is 40.3 Å². The summed E-state index contributed by atoms with van der Waals surface area (Å²) in [4.78, 5) is 24.4. The van der Waals surface area contributed by atoms with Gasteiger partial charge in [0.05, 0.1) is 23.6 Å². The lowest BCUT2D eigenvalue weighted by molar-refractivity contribution is 0.0914. The average Bonchev–Trinajstić information content (AvgIpc) is 2.99. The zero-order valence-electron chi connectivity index (χ0n) is 12.7. The van der Waals surface area contributed by atoms with E-state index in [0.29, 0.717) is 10.8 Å². The Labute approximate surface area is 138 Å². The fourth-order valence-corrected chi connectivity index (χ4v) is 1.99. The zero-order valence-corrected chi connectivity index (χ0v) is 13.4. The van der Waals surface area contributed by atoms with Crippen LogP contribution >= 0.6 is 11.6 Å². The molecule has 2 aromatic rings. The number of carbonyl (C=O) groups excluding carboxylic acids is 2. The standard InChI is InChI=1S/C16H16ClN3O3/c1-10(2)19-15(21)13-6-5-11(17)8-14(13)16(22)20-18-9-12-4-3-7-23-12/h3-10H,1-2H3,(H,19,21)(H,20,22)/b18-9+. The zero-order chi connectivity index (χ0) is 16.8. The topological polar surface area (TPSA) is 83.7 Å². The predicted octanol–water partition coefficient (Wildman–Crippen LogP) is 2.84. The minimum atomic E-state index is -0.538. The summed E-state index contributed by atoms with van der Waals surface area (Å²) < 4.78 is 5.06. The van der Waals surface area contributed by atoms with Gasteiger partial charge in [0.15, 0.2) is 0 Å². The van der Waals surface area contributed by atoms with Crippen molar-refractivity contribution in [2.24, 2.45) is 5.10 Å². The number of benzene rings is 1. The summed E-state index contributed by atoms with van der Waals surface area (Å²) in [5.74, 6) is -0.393. The Morgan fingerprint density at radius 1 is 1.22 bits per heavy atom. The maximum atomic E-state index is 12.2. The Hall–Kier alpha value is -2.60. The number of nitrogens with zero attached hydrogens (tertiary/aromatic N) is 1. The van der Waals surface area contributed by atoms with E-state index < -0.39 is 5.91 Å². The highest BCUT2D eigenvalue weighted by molar-refractivity contribution is 6.31. The molecule has 2 N–H and O–H groups in total. The first-order valence-corrected chi connectivity index (χ1v) is 7.32. The van der Waals surface area contributed by atoms with Gasteiger partial charge in [0.2, 0.25) is 0 Å². The van der Waals surface area contributed by atoms with Crippen LogP contribution in [0.3, 0.4) is 0 Å². The van der Waals surface area contributed by atoms with Gasteiger partial charge in [-0.3, -0.25) is 9.59 Å². The van der Waals surface area contributed by atoms with Crippen molar-refractivity contribution in [1.82, 2.24) is 10.7 Å². The van der Waals surface area contributed by atoms with E-state index in [2.05, 4.69) is 15.8 Å². The molecule has 1 heterocycles. The molecule has 0 unspecified atom stereocenters. The molecule has 0 bridgehead atoms. The third-order valence-corrected chi connectivity index (χ3v) is 3.03. The van der Waals surface area contributed by atoms with Crippen LogP contribution in [-0.4, -0.2) is 24.1 Å². The first-order chi connectivity index (χ1) is 11.0. The smallest absolute Gasteiger partial charge is 0.272 e. The number of halogens is 1. The van der Waals surface area contributed by atoms with E-state index in [9.17, 15) is 9.59 Å². The van der Waals surface area contributed by atoms with Gasteiger partial charge >= 0.3 is 0 Å². The van der Waals surface area contributed by atoms with Crippen molar-refractivity contribution in [3.8, 4) is 0 Å². The van der Waals surface area contributed by atoms with Gasteiger partial charge in [-0.25, -0.2) is 5.43 Å². The molecule has 0 radical (unpaired) electrons. The second-order valence-corrected chi connectivity index (χ2v) is 5.47. The van der Waals surface area contributed by atoms with Crippen LogP contribution in [0.4, 0.5) is 0 Å². The molecule has 0 aliphatic rings. The number of nitrogens with one attached hydrogen (secondary N) is 2. The minimum absolute atomic E-state index is 0.0499. The van der Waals surface area contributed by atoms with Crippen LogP contribution in [-0.2, 0) is 0 Å². The molecule has 0 saturated heterocycles. The molecule has 0 aliphatic heterocycles. The Balaban J connectivity index is 2.18. The van der Waals surface area contributed by atoms with E-state index in [4.69, 9.17) is 16.0 Å². The molecule has 23 heavy (non-hydrogen) atoms. The second-order valence-electron chi connectivity index (χ2n) is 5.03. The van der Waals surface area contributed by atoms with E-state index in [0.717, 1.165) is 0 Å². The molecule has 2 rings (SSSR count). The summed E-state index contributed by atoms with van der Waals surface area (Å²) in [6, 6.07) is 7.83. The van der Waals surface area contributed by atoms with Gasteiger partial charge in [0, 0.05) is 11.1 Å². The predicted molar refractivity (Wildman–Crippen MR) is 87.8 cm³/mol. The van der Waals surface area contributed by atoms with Crippen LogP contribution in [0.5, 0.6) is 0 Å². The molecule has 0 aliphatic carbocycles. The molecule has 6 nitrogen and oxygen atoms in total. The van der Waals surface area contributed by atoms with Gasteiger partial charge in [-0.05, 0) is 44.2 Å². The highest BCUT2D eigenvalue weighted by Crippen LogP contribution is 2.16. The third kappa shape index (κ3) is 4.69. The van der Waals surface area contributed by atoms with Crippen molar-refractivity contribution in [3.63, 3.8) is 0 Å². The molecular formula is C16H16ClN3O3. The van der Waals surface area contributed by atoms with Crippen LogP contribution < -0.4 is 10.7 Å². The highest BCUT2D eigenvalue weighted by Gasteiger charge is 2.18. The maximum Gasteiger partial charge on any atom is 0.272 e. The number of rotatable bonds is 5. The monoisotopic (exact) mass is 333 g/mol. The van der Waals surface area contributed by atoms with E-state index in [-0.39, 0.29) is 23.1 Å². The van der Waals surface area contributed by atoms with Crippen molar-refractivity contribution in [3.05, 3.63) is 58.5 Å². The van der Waals surface area contributed by atoms with Crippen LogP contribution in [0.15, 0.2) is 46.1 Å². The summed E-state index contributed by atoms with van der Waals surface area (Å²) in [7, 11) is 0. The molecule has 7 heteroatoms. The summed E-state index contributed by atoms with van der Waals surface area (Å²) in [6.45, 7) is 3.67. The normalized spacial score (nSPS) is 11.0. The fourth-order valence-electron chi connectivity index (χ4n) is 1.82. The third-order valence-electron chi connectivity index (χ3n) is 2.79. The van der Waals surface area contributed by atoms with Gasteiger partial charge in [-0.15, -0.1) is 0 Å². The number of hydrogen-bond donors (Lipinski definition) is 2. The van der Waals surface area contributed by atoms with Crippen molar-refractivity contribution >= 4 is 29.6 Å². The SMILES string of the molecule is CC(C)NC(=O)c1ccc(Cl)cc1C(=O)N/N=C/c1ccco1. The van der Waals surface area contributed by atoms with Gasteiger partial charge in [0.25, 0.3) is 11.8 Å². The molecule has 0 atom stereocenters. The molecule has 1 aromatic heterocycles.